The van der Waals surface area contributed by atoms with E-state index in [0.29, 0.717) is 30.2 Å². The number of halogens is 1. The summed E-state index contributed by atoms with van der Waals surface area (Å²) in [5, 5.41) is 4.23. The van der Waals surface area contributed by atoms with Crippen molar-refractivity contribution in [2.24, 2.45) is 5.18 Å². The number of carbonyl (C=O) groups is 1. The fourth-order valence-corrected chi connectivity index (χ4v) is 5.38. The number of carbonyl (C=O) groups excluding carboxylic acids is 1. The summed E-state index contributed by atoms with van der Waals surface area (Å²) in [6.45, 7) is 2.75. The van der Waals surface area contributed by atoms with Crippen LogP contribution in [0, 0.1) is 4.91 Å². The SMILES string of the molecule is CN(C)C(=O)COc1ccc2c(c1)C(=CCCN1CCC(N=O)(c3ccc(Cl)cc3)CC1)c1cccnc1CO2. The molecule has 0 spiro atoms. The average molecular weight is 561 g/mol. The van der Waals surface area contributed by atoms with Crippen molar-refractivity contribution < 1.29 is 14.3 Å². The largest absolute Gasteiger partial charge is 0.487 e. The number of likely N-dealkylation sites (N-methyl/N-ethyl adjacent to an activating group) is 1. The normalized spacial score (nSPS) is 17.2. The van der Waals surface area contributed by atoms with Crippen LogP contribution in [0.25, 0.3) is 5.57 Å². The van der Waals surface area contributed by atoms with E-state index in [0.717, 1.165) is 59.8 Å². The van der Waals surface area contributed by atoms with E-state index in [1.54, 1.807) is 20.3 Å². The minimum Gasteiger partial charge on any atom is -0.487 e. The lowest BCUT2D eigenvalue weighted by molar-refractivity contribution is -0.130. The molecule has 2 aliphatic rings. The summed E-state index contributed by atoms with van der Waals surface area (Å²) in [6.07, 6.45) is 6.14. The van der Waals surface area contributed by atoms with Crippen LogP contribution in [0.2, 0.25) is 5.02 Å². The number of fused-ring (bicyclic) bond motifs is 2. The third-order valence-corrected chi connectivity index (χ3v) is 7.93. The summed E-state index contributed by atoms with van der Waals surface area (Å²) >= 11 is 6.05. The van der Waals surface area contributed by atoms with E-state index in [-0.39, 0.29) is 12.5 Å². The van der Waals surface area contributed by atoms with Crippen molar-refractivity contribution in [2.45, 2.75) is 31.4 Å². The topological polar surface area (TPSA) is 84.3 Å². The number of piperidine rings is 1. The van der Waals surface area contributed by atoms with Crippen LogP contribution in [-0.4, -0.2) is 61.0 Å². The van der Waals surface area contributed by atoms with Crippen LogP contribution in [0.5, 0.6) is 11.5 Å². The third-order valence-electron chi connectivity index (χ3n) is 7.68. The molecular formula is C31H33ClN4O4. The van der Waals surface area contributed by atoms with Crippen LogP contribution >= 0.6 is 11.6 Å². The predicted octanol–water partition coefficient (Wildman–Crippen LogP) is 5.67. The molecule has 0 radical (unpaired) electrons. The number of benzene rings is 2. The molecule has 1 amide bonds. The molecule has 0 atom stereocenters. The van der Waals surface area contributed by atoms with Gasteiger partial charge >= 0.3 is 0 Å². The zero-order valence-corrected chi connectivity index (χ0v) is 23.6. The van der Waals surface area contributed by atoms with Gasteiger partial charge in [-0.2, -0.15) is 0 Å². The molecular weight excluding hydrogens is 528 g/mol. The molecule has 0 unspecified atom stereocenters. The molecule has 2 aliphatic heterocycles. The molecule has 5 rings (SSSR count). The first-order chi connectivity index (χ1) is 19.4. The lowest BCUT2D eigenvalue weighted by atomic mass is 9.82. The third kappa shape index (κ3) is 6.03. The number of aromatic nitrogens is 1. The molecule has 3 heterocycles. The Bertz CT molecular complexity index is 1400. The van der Waals surface area contributed by atoms with Crippen LogP contribution in [0.1, 0.15) is 41.6 Å². The molecule has 40 heavy (non-hydrogen) atoms. The van der Waals surface area contributed by atoms with E-state index in [2.05, 4.69) is 27.2 Å². The number of hydrogen-bond donors (Lipinski definition) is 0. The standard InChI is InChI=1S/C31H33ClN4O4/c1-35(2)30(37)21-39-24-11-12-29-27(19-24)25(26-5-3-15-33-28(26)20-40-29)6-4-16-36-17-13-31(34-38,14-18-36)22-7-9-23(32)10-8-22/h3,5-12,15,19H,4,13-14,16-18,20-21H2,1-2H3. The van der Waals surface area contributed by atoms with E-state index in [1.165, 1.54) is 4.90 Å². The van der Waals surface area contributed by atoms with Crippen molar-refractivity contribution in [3.63, 3.8) is 0 Å². The maximum Gasteiger partial charge on any atom is 0.259 e. The van der Waals surface area contributed by atoms with E-state index >= 15 is 0 Å². The molecule has 1 aromatic heterocycles. The summed E-state index contributed by atoms with van der Waals surface area (Å²) in [7, 11) is 3.41. The second-order valence-electron chi connectivity index (χ2n) is 10.4. The molecule has 2 aromatic carbocycles. The molecule has 0 N–H and O–H groups in total. The fourth-order valence-electron chi connectivity index (χ4n) is 5.25. The first-order valence-electron chi connectivity index (χ1n) is 13.5. The maximum atomic E-state index is 12.1. The number of hydrogen-bond acceptors (Lipinski definition) is 7. The Labute approximate surface area is 239 Å². The highest BCUT2D eigenvalue weighted by Gasteiger charge is 2.37. The van der Waals surface area contributed by atoms with Gasteiger partial charge in [-0.05, 0) is 66.8 Å². The van der Waals surface area contributed by atoms with Crippen molar-refractivity contribution >= 4 is 23.1 Å². The van der Waals surface area contributed by atoms with Gasteiger partial charge in [0.05, 0.1) is 5.69 Å². The van der Waals surface area contributed by atoms with Gasteiger partial charge in [-0.1, -0.05) is 41.1 Å². The second kappa shape index (κ2) is 12.2. The number of nitrogens with zero attached hydrogens (tertiary/aromatic N) is 4. The molecule has 0 bridgehead atoms. The van der Waals surface area contributed by atoms with Gasteiger partial charge in [-0.3, -0.25) is 9.78 Å². The Morgan fingerprint density at radius 3 is 2.65 bits per heavy atom. The number of ether oxygens (including phenoxy) is 2. The van der Waals surface area contributed by atoms with E-state index in [9.17, 15) is 9.70 Å². The molecule has 1 fully saturated rings. The lowest BCUT2D eigenvalue weighted by Gasteiger charge is -2.37. The fraction of sp³-hybridized carbons (Fsp3) is 0.355. The molecule has 3 aromatic rings. The highest BCUT2D eigenvalue weighted by atomic mass is 35.5. The number of amides is 1. The summed E-state index contributed by atoms with van der Waals surface area (Å²) < 4.78 is 11.9. The zero-order valence-electron chi connectivity index (χ0n) is 22.8. The number of likely N-dealkylation sites (tertiary alicyclic amines) is 1. The van der Waals surface area contributed by atoms with Crippen molar-refractivity contribution in [1.29, 1.82) is 0 Å². The second-order valence-corrected chi connectivity index (χ2v) is 10.8. The summed E-state index contributed by atoms with van der Waals surface area (Å²) in [5.41, 5.74) is 4.06. The predicted molar refractivity (Wildman–Crippen MR) is 155 cm³/mol. The number of nitroso groups, excluding NO2 is 1. The number of rotatable bonds is 8. The Balaban J connectivity index is 1.32. The van der Waals surface area contributed by atoms with Crippen LogP contribution in [0.3, 0.4) is 0 Å². The average Bonchev–Trinajstić information content (AvgIpc) is 3.13. The van der Waals surface area contributed by atoms with Crippen molar-refractivity contribution in [1.82, 2.24) is 14.8 Å². The molecule has 1 saturated heterocycles. The minimum absolute atomic E-state index is 0.0358. The molecule has 208 valence electrons. The van der Waals surface area contributed by atoms with Gasteiger partial charge in [0.25, 0.3) is 5.91 Å². The monoisotopic (exact) mass is 560 g/mol. The van der Waals surface area contributed by atoms with E-state index in [1.807, 2.05) is 48.5 Å². The number of pyridine rings is 1. The van der Waals surface area contributed by atoms with Gasteiger partial charge in [0.2, 0.25) is 0 Å². The first-order valence-corrected chi connectivity index (χ1v) is 13.8. The van der Waals surface area contributed by atoms with Crippen molar-refractivity contribution in [2.75, 3.05) is 40.3 Å². The Morgan fingerprint density at radius 2 is 1.93 bits per heavy atom. The Kier molecular flexibility index (Phi) is 8.47. The summed E-state index contributed by atoms with van der Waals surface area (Å²) in [4.78, 5) is 32.4. The summed E-state index contributed by atoms with van der Waals surface area (Å²) in [5.74, 6) is 1.24. The van der Waals surface area contributed by atoms with Gasteiger partial charge < -0.3 is 19.3 Å². The Morgan fingerprint density at radius 1 is 1.15 bits per heavy atom. The molecule has 8 nitrogen and oxygen atoms in total. The van der Waals surface area contributed by atoms with E-state index in [4.69, 9.17) is 21.1 Å². The molecule has 0 saturated carbocycles. The quantitative estimate of drug-likeness (QED) is 0.330. The van der Waals surface area contributed by atoms with Gasteiger partial charge in [0.15, 0.2) is 6.61 Å². The van der Waals surface area contributed by atoms with Crippen molar-refractivity contribution in [3.8, 4) is 11.5 Å². The highest BCUT2D eigenvalue weighted by Crippen LogP contribution is 2.39. The van der Waals surface area contributed by atoms with Gasteiger partial charge in [-0.15, -0.1) is 4.91 Å². The maximum absolute atomic E-state index is 12.1. The van der Waals surface area contributed by atoms with Gasteiger partial charge in [0.1, 0.15) is 23.6 Å². The zero-order chi connectivity index (χ0) is 28.1. The van der Waals surface area contributed by atoms with Gasteiger partial charge in [-0.25, -0.2) is 0 Å². The minimum atomic E-state index is -0.702. The Hall–Kier alpha value is -3.75. The van der Waals surface area contributed by atoms with E-state index < -0.39 is 5.54 Å². The van der Waals surface area contributed by atoms with Crippen LogP contribution in [-0.2, 0) is 16.9 Å². The smallest absolute Gasteiger partial charge is 0.259 e. The van der Waals surface area contributed by atoms with Crippen LogP contribution < -0.4 is 9.47 Å². The van der Waals surface area contributed by atoms with Gasteiger partial charge in [0, 0.05) is 56.1 Å². The van der Waals surface area contributed by atoms with Crippen molar-refractivity contribution in [3.05, 3.63) is 99.2 Å². The van der Waals surface area contributed by atoms with Crippen LogP contribution in [0.4, 0.5) is 0 Å². The molecule has 9 heteroatoms. The first kappa shape index (κ1) is 27.8. The lowest BCUT2D eigenvalue weighted by Crippen LogP contribution is -2.41. The van der Waals surface area contributed by atoms with Crippen LogP contribution in [0.15, 0.2) is 72.0 Å². The summed E-state index contributed by atoms with van der Waals surface area (Å²) in [6, 6.07) is 17.1. The highest BCUT2D eigenvalue weighted by molar-refractivity contribution is 6.30. The molecule has 0 aliphatic carbocycles.